The molecule has 0 unspecified atom stereocenters. The average molecular weight is 353 g/mol. The molecule has 1 aromatic carbocycles. The van der Waals surface area contributed by atoms with E-state index in [2.05, 4.69) is 20.4 Å². The van der Waals surface area contributed by atoms with Crippen molar-refractivity contribution in [2.24, 2.45) is 0 Å². The molecular weight excluding hydrogens is 334 g/mol. The molecule has 0 aliphatic carbocycles. The van der Waals surface area contributed by atoms with Crippen LogP contribution in [0.1, 0.15) is 24.2 Å². The molecule has 8 nitrogen and oxygen atoms in total. The van der Waals surface area contributed by atoms with Gasteiger partial charge in [0, 0.05) is 18.0 Å². The summed E-state index contributed by atoms with van der Waals surface area (Å²) in [4.78, 5) is 20.9. The van der Waals surface area contributed by atoms with Gasteiger partial charge >= 0.3 is 6.01 Å². The fourth-order valence-electron chi connectivity index (χ4n) is 2.29. The fraction of sp³-hybridized carbons (Fsp3) is 0.222. The molecule has 8 heteroatoms. The van der Waals surface area contributed by atoms with E-state index >= 15 is 0 Å². The average Bonchev–Trinajstić information content (AvgIpc) is 3.19. The third-order valence-electron chi connectivity index (χ3n) is 3.41. The van der Waals surface area contributed by atoms with Crippen LogP contribution in [0.5, 0.6) is 11.9 Å². The van der Waals surface area contributed by atoms with Crippen LogP contribution in [-0.4, -0.2) is 38.9 Å². The second-order valence-corrected chi connectivity index (χ2v) is 5.19. The van der Waals surface area contributed by atoms with Crippen LogP contribution in [-0.2, 0) is 0 Å². The van der Waals surface area contributed by atoms with Gasteiger partial charge in [-0.3, -0.25) is 4.79 Å². The zero-order valence-electron chi connectivity index (χ0n) is 14.5. The Morgan fingerprint density at radius 1 is 1.19 bits per heavy atom. The lowest BCUT2D eigenvalue weighted by molar-refractivity contribution is 0.102. The zero-order chi connectivity index (χ0) is 18.4. The summed E-state index contributed by atoms with van der Waals surface area (Å²) in [5.74, 6) is -0.0322. The van der Waals surface area contributed by atoms with Crippen LogP contribution >= 0.6 is 0 Å². The maximum Gasteiger partial charge on any atom is 0.319 e. The molecule has 0 saturated heterocycles. The molecule has 0 bridgehead atoms. The number of ether oxygens (including phenoxy) is 2. The third kappa shape index (κ3) is 3.97. The van der Waals surface area contributed by atoms with E-state index in [0.717, 1.165) is 5.69 Å². The van der Waals surface area contributed by atoms with Gasteiger partial charge in [0.25, 0.3) is 5.91 Å². The lowest BCUT2D eigenvalue weighted by atomic mass is 10.2. The first kappa shape index (κ1) is 17.4. The Bertz CT molecular complexity index is 880. The lowest BCUT2D eigenvalue weighted by Crippen LogP contribution is -2.14. The maximum absolute atomic E-state index is 12.6. The molecule has 0 atom stereocenters. The van der Waals surface area contributed by atoms with Crippen molar-refractivity contribution < 1.29 is 14.3 Å². The number of anilines is 1. The molecule has 0 radical (unpaired) electrons. The standard InChI is InChI=1S/C18H19N5O3/c1-3-25-17-15(12-19-18(22-17)26-4-2)21-16(24)13-7-5-8-14(11-13)23-10-6-9-20-23/h5-12H,3-4H2,1-2H3,(H,21,24). The molecule has 0 aliphatic rings. The number of rotatable bonds is 7. The van der Waals surface area contributed by atoms with Gasteiger partial charge in [0.2, 0.25) is 5.88 Å². The molecule has 1 amide bonds. The Hall–Kier alpha value is -3.42. The molecule has 3 rings (SSSR count). The number of nitrogens with one attached hydrogen (secondary N) is 1. The minimum absolute atomic E-state index is 0.203. The number of hydrogen-bond donors (Lipinski definition) is 1. The van der Waals surface area contributed by atoms with Crippen molar-refractivity contribution in [1.29, 1.82) is 0 Å². The largest absolute Gasteiger partial charge is 0.476 e. The van der Waals surface area contributed by atoms with E-state index in [1.165, 1.54) is 6.20 Å². The van der Waals surface area contributed by atoms with Gasteiger partial charge in [-0.05, 0) is 38.1 Å². The summed E-state index contributed by atoms with van der Waals surface area (Å²) in [6.07, 6.45) is 4.96. The Morgan fingerprint density at radius 3 is 2.77 bits per heavy atom. The minimum atomic E-state index is -0.298. The predicted molar refractivity (Wildman–Crippen MR) is 95.9 cm³/mol. The van der Waals surface area contributed by atoms with Crippen LogP contribution in [0.15, 0.2) is 48.9 Å². The summed E-state index contributed by atoms with van der Waals surface area (Å²) in [5, 5.41) is 6.95. The van der Waals surface area contributed by atoms with Gasteiger partial charge in [-0.2, -0.15) is 10.1 Å². The number of carbonyl (C=O) groups excluding carboxylic acids is 1. The first-order valence-electron chi connectivity index (χ1n) is 8.25. The van der Waals surface area contributed by atoms with Gasteiger partial charge < -0.3 is 14.8 Å². The highest BCUT2D eigenvalue weighted by Gasteiger charge is 2.14. The van der Waals surface area contributed by atoms with Crippen molar-refractivity contribution in [3.63, 3.8) is 0 Å². The minimum Gasteiger partial charge on any atom is -0.476 e. The molecule has 2 aromatic heterocycles. The molecule has 0 saturated carbocycles. The number of nitrogens with zero attached hydrogens (tertiary/aromatic N) is 4. The first-order chi connectivity index (χ1) is 12.7. The van der Waals surface area contributed by atoms with Crippen molar-refractivity contribution in [3.8, 4) is 17.6 Å². The SMILES string of the molecule is CCOc1ncc(NC(=O)c2cccc(-n3cccn3)c2)c(OCC)n1. The number of aromatic nitrogens is 4. The van der Waals surface area contributed by atoms with E-state index < -0.39 is 0 Å². The number of amides is 1. The van der Waals surface area contributed by atoms with E-state index in [4.69, 9.17) is 9.47 Å². The van der Waals surface area contributed by atoms with Crippen molar-refractivity contribution in [3.05, 3.63) is 54.5 Å². The number of benzene rings is 1. The molecule has 0 aliphatic heterocycles. The topological polar surface area (TPSA) is 91.2 Å². The predicted octanol–water partition coefficient (Wildman–Crippen LogP) is 2.71. The maximum atomic E-state index is 12.6. The quantitative estimate of drug-likeness (QED) is 0.702. The van der Waals surface area contributed by atoms with Crippen LogP contribution in [0.25, 0.3) is 5.69 Å². The summed E-state index contributed by atoms with van der Waals surface area (Å²) in [6.45, 7) is 4.52. The second kappa shape index (κ2) is 8.11. The van der Waals surface area contributed by atoms with Crippen LogP contribution in [0.4, 0.5) is 5.69 Å². The van der Waals surface area contributed by atoms with Crippen molar-refractivity contribution in [2.75, 3.05) is 18.5 Å². The zero-order valence-corrected chi connectivity index (χ0v) is 14.5. The lowest BCUT2D eigenvalue weighted by Gasteiger charge is -2.12. The van der Waals surface area contributed by atoms with Crippen molar-refractivity contribution in [1.82, 2.24) is 19.7 Å². The van der Waals surface area contributed by atoms with Gasteiger partial charge in [0.15, 0.2) is 0 Å². The molecule has 134 valence electrons. The second-order valence-electron chi connectivity index (χ2n) is 5.19. The molecule has 1 N–H and O–H groups in total. The highest BCUT2D eigenvalue weighted by Crippen LogP contribution is 2.24. The van der Waals surface area contributed by atoms with Crippen LogP contribution in [0.3, 0.4) is 0 Å². The molecule has 0 spiro atoms. The monoisotopic (exact) mass is 353 g/mol. The van der Waals surface area contributed by atoms with Gasteiger partial charge in [-0.15, -0.1) is 0 Å². The van der Waals surface area contributed by atoms with E-state index in [0.29, 0.717) is 24.5 Å². The van der Waals surface area contributed by atoms with Gasteiger partial charge in [-0.1, -0.05) is 6.07 Å². The summed E-state index contributed by atoms with van der Waals surface area (Å²) in [6, 6.07) is 9.16. The Balaban J connectivity index is 1.82. The van der Waals surface area contributed by atoms with E-state index in [-0.39, 0.29) is 17.8 Å². The van der Waals surface area contributed by atoms with E-state index in [9.17, 15) is 4.79 Å². The molecule has 2 heterocycles. The molecule has 26 heavy (non-hydrogen) atoms. The van der Waals surface area contributed by atoms with Crippen LogP contribution in [0, 0.1) is 0 Å². The normalized spacial score (nSPS) is 10.4. The molecule has 0 fully saturated rings. The summed E-state index contributed by atoms with van der Waals surface area (Å²) >= 11 is 0. The first-order valence-corrected chi connectivity index (χ1v) is 8.25. The summed E-state index contributed by atoms with van der Waals surface area (Å²) < 4.78 is 12.4. The highest BCUT2D eigenvalue weighted by atomic mass is 16.5. The smallest absolute Gasteiger partial charge is 0.319 e. The highest BCUT2D eigenvalue weighted by molar-refractivity contribution is 6.05. The number of carbonyl (C=O) groups is 1. The van der Waals surface area contributed by atoms with Gasteiger partial charge in [0.1, 0.15) is 5.69 Å². The molecule has 3 aromatic rings. The summed E-state index contributed by atoms with van der Waals surface area (Å²) in [7, 11) is 0. The Labute approximate surface area is 150 Å². The Kier molecular flexibility index (Phi) is 5.43. The van der Waals surface area contributed by atoms with Crippen molar-refractivity contribution in [2.45, 2.75) is 13.8 Å². The van der Waals surface area contributed by atoms with Gasteiger partial charge in [0.05, 0.1) is 25.1 Å². The molecular formula is C18H19N5O3. The Morgan fingerprint density at radius 2 is 2.04 bits per heavy atom. The van der Waals surface area contributed by atoms with Gasteiger partial charge in [-0.25, -0.2) is 9.67 Å². The van der Waals surface area contributed by atoms with E-state index in [1.54, 1.807) is 29.1 Å². The third-order valence-corrected chi connectivity index (χ3v) is 3.41. The summed E-state index contributed by atoms with van der Waals surface area (Å²) in [5.41, 5.74) is 1.65. The fourth-order valence-corrected chi connectivity index (χ4v) is 2.29. The van der Waals surface area contributed by atoms with Crippen LogP contribution in [0.2, 0.25) is 0 Å². The van der Waals surface area contributed by atoms with Crippen molar-refractivity contribution >= 4 is 11.6 Å². The van der Waals surface area contributed by atoms with E-state index in [1.807, 2.05) is 32.2 Å². The number of hydrogen-bond acceptors (Lipinski definition) is 6. The van der Waals surface area contributed by atoms with Crippen LogP contribution < -0.4 is 14.8 Å².